The van der Waals surface area contributed by atoms with Crippen molar-refractivity contribution in [2.45, 2.75) is 70.0 Å². The van der Waals surface area contributed by atoms with Gasteiger partial charge in [-0.05, 0) is 67.1 Å². The molecule has 3 N–H and O–H groups in total. The van der Waals surface area contributed by atoms with Crippen LogP contribution in [0.4, 0.5) is 0 Å². The summed E-state index contributed by atoms with van der Waals surface area (Å²) in [7, 11) is 0. The Kier molecular flexibility index (Phi) is 6.65. The van der Waals surface area contributed by atoms with Crippen LogP contribution in [0.3, 0.4) is 0 Å². The molecule has 0 radical (unpaired) electrons. The lowest BCUT2D eigenvalue weighted by Crippen LogP contribution is -2.27. The maximum absolute atomic E-state index is 10.9. The molecular weight excluding hydrogens is 380 g/mol. The summed E-state index contributed by atoms with van der Waals surface area (Å²) in [6, 6.07) is 5.81. The molecule has 0 heterocycles. The summed E-state index contributed by atoms with van der Waals surface area (Å²) >= 11 is 0. The van der Waals surface area contributed by atoms with Gasteiger partial charge in [-0.2, -0.15) is 0 Å². The van der Waals surface area contributed by atoms with Gasteiger partial charge in [-0.3, -0.25) is 0 Å². The van der Waals surface area contributed by atoms with E-state index in [1.54, 1.807) is 0 Å². The summed E-state index contributed by atoms with van der Waals surface area (Å²) < 4.78 is 5.50. The second-order valence-electron chi connectivity index (χ2n) is 9.23. The molecule has 2 fully saturated rings. The molecule has 1 aromatic carbocycles. The van der Waals surface area contributed by atoms with Crippen molar-refractivity contribution in [1.29, 1.82) is 0 Å². The third kappa shape index (κ3) is 4.66. The van der Waals surface area contributed by atoms with Crippen LogP contribution in [0, 0.1) is 35.5 Å². The number of aliphatic carboxylic acids is 1. The van der Waals surface area contributed by atoms with Crippen LogP contribution in [0.5, 0.6) is 5.75 Å². The van der Waals surface area contributed by atoms with Crippen molar-refractivity contribution in [2.75, 3.05) is 6.61 Å². The molecule has 0 amide bonds. The number of benzene rings is 1. The van der Waals surface area contributed by atoms with E-state index < -0.39 is 12.1 Å². The number of aliphatic hydroxyl groups excluding tert-OH is 2. The van der Waals surface area contributed by atoms with Crippen molar-refractivity contribution in [3.63, 3.8) is 0 Å². The molecule has 5 heteroatoms. The number of hydrogen-bond acceptors (Lipinski definition) is 4. The molecule has 0 saturated heterocycles. The van der Waals surface area contributed by atoms with Gasteiger partial charge in [0.2, 0.25) is 0 Å². The topological polar surface area (TPSA) is 87.0 Å². The predicted molar refractivity (Wildman–Crippen MR) is 113 cm³/mol. The molecule has 5 atom stereocenters. The van der Waals surface area contributed by atoms with Gasteiger partial charge in [-0.15, -0.1) is 5.92 Å². The van der Waals surface area contributed by atoms with Gasteiger partial charge < -0.3 is 20.1 Å². The Balaban J connectivity index is 1.43. The summed E-state index contributed by atoms with van der Waals surface area (Å²) in [6.45, 7) is -0.343. The number of ether oxygens (including phenoxy) is 1. The molecule has 3 aliphatic carbocycles. The quantitative estimate of drug-likeness (QED) is 0.647. The zero-order valence-corrected chi connectivity index (χ0v) is 17.4. The summed E-state index contributed by atoms with van der Waals surface area (Å²) in [5.41, 5.74) is 2.25. The van der Waals surface area contributed by atoms with E-state index in [4.69, 9.17) is 9.84 Å². The molecule has 3 aliphatic rings. The van der Waals surface area contributed by atoms with Crippen LogP contribution in [0.2, 0.25) is 0 Å². The van der Waals surface area contributed by atoms with Gasteiger partial charge in [0.25, 0.3) is 0 Å². The Labute approximate surface area is 178 Å². The zero-order chi connectivity index (χ0) is 21.1. The summed E-state index contributed by atoms with van der Waals surface area (Å²) in [4.78, 5) is 10.9. The third-order valence-corrected chi connectivity index (χ3v) is 7.30. The smallest absolute Gasteiger partial charge is 0.341 e. The lowest BCUT2D eigenvalue weighted by molar-refractivity contribution is -0.139. The molecule has 0 bridgehead atoms. The molecule has 0 spiro atoms. The van der Waals surface area contributed by atoms with Crippen molar-refractivity contribution in [1.82, 2.24) is 0 Å². The van der Waals surface area contributed by atoms with E-state index in [0.717, 1.165) is 31.2 Å². The van der Waals surface area contributed by atoms with Crippen molar-refractivity contribution in [2.24, 2.45) is 23.7 Å². The van der Waals surface area contributed by atoms with Crippen LogP contribution < -0.4 is 4.74 Å². The molecule has 5 nitrogen and oxygen atoms in total. The highest BCUT2D eigenvalue weighted by atomic mass is 16.5. The Morgan fingerprint density at radius 1 is 1.20 bits per heavy atom. The highest BCUT2D eigenvalue weighted by Crippen LogP contribution is 2.46. The van der Waals surface area contributed by atoms with Crippen LogP contribution in [0.25, 0.3) is 0 Å². The Hall–Kier alpha value is -2.03. The number of carboxylic acid groups (broad SMARTS) is 1. The average molecular weight is 413 g/mol. The van der Waals surface area contributed by atoms with Crippen LogP contribution in [0.1, 0.15) is 56.1 Å². The highest BCUT2D eigenvalue weighted by molar-refractivity contribution is 5.68. The second kappa shape index (κ2) is 9.41. The van der Waals surface area contributed by atoms with Crippen molar-refractivity contribution < 1.29 is 24.9 Å². The first-order valence-corrected chi connectivity index (χ1v) is 11.3. The van der Waals surface area contributed by atoms with E-state index in [1.165, 1.54) is 24.8 Å². The molecule has 30 heavy (non-hydrogen) atoms. The minimum Gasteiger partial charge on any atom is -0.482 e. The number of aliphatic hydroxyl groups is 2. The highest BCUT2D eigenvalue weighted by Gasteiger charge is 2.44. The van der Waals surface area contributed by atoms with Gasteiger partial charge in [-0.25, -0.2) is 4.79 Å². The SMILES string of the molecule is O=C(O)COc1cccc2c1CC1CC(O)C(C#CCC(O)C3CCCCC3)C1C2. The molecule has 1 aromatic rings. The van der Waals surface area contributed by atoms with Crippen molar-refractivity contribution in [3.05, 3.63) is 29.3 Å². The fraction of sp³-hybridized carbons (Fsp3) is 0.640. The van der Waals surface area contributed by atoms with Gasteiger partial charge in [0.1, 0.15) is 5.75 Å². The van der Waals surface area contributed by atoms with E-state index in [2.05, 4.69) is 17.9 Å². The molecule has 5 unspecified atom stereocenters. The monoisotopic (exact) mass is 412 g/mol. The minimum atomic E-state index is -0.983. The lowest BCUT2D eigenvalue weighted by Gasteiger charge is -2.30. The number of hydrogen-bond donors (Lipinski definition) is 3. The summed E-state index contributed by atoms with van der Waals surface area (Å²) in [5, 5.41) is 30.1. The molecule has 0 aromatic heterocycles. The maximum Gasteiger partial charge on any atom is 0.341 e. The lowest BCUT2D eigenvalue weighted by atomic mass is 9.74. The minimum absolute atomic E-state index is 0.0645. The van der Waals surface area contributed by atoms with Crippen LogP contribution in [0.15, 0.2) is 18.2 Å². The second-order valence-corrected chi connectivity index (χ2v) is 9.23. The van der Waals surface area contributed by atoms with Crippen LogP contribution >= 0.6 is 0 Å². The number of carboxylic acids is 1. The van der Waals surface area contributed by atoms with Gasteiger partial charge in [0.15, 0.2) is 6.61 Å². The Bertz CT molecular complexity index is 817. The third-order valence-electron chi connectivity index (χ3n) is 7.30. The zero-order valence-electron chi connectivity index (χ0n) is 17.4. The normalized spacial score (nSPS) is 29.3. The summed E-state index contributed by atoms with van der Waals surface area (Å²) in [5.74, 6) is 7.11. The fourth-order valence-electron chi connectivity index (χ4n) is 5.73. The van der Waals surface area contributed by atoms with Gasteiger partial charge >= 0.3 is 5.97 Å². The Morgan fingerprint density at radius 2 is 2.00 bits per heavy atom. The first-order chi connectivity index (χ1) is 14.5. The van der Waals surface area contributed by atoms with Crippen LogP contribution in [-0.2, 0) is 17.6 Å². The molecular formula is C25H32O5. The fourth-order valence-corrected chi connectivity index (χ4v) is 5.73. The molecule has 0 aliphatic heterocycles. The van der Waals surface area contributed by atoms with Crippen molar-refractivity contribution in [3.8, 4) is 17.6 Å². The van der Waals surface area contributed by atoms with Crippen molar-refractivity contribution >= 4 is 5.97 Å². The van der Waals surface area contributed by atoms with Crippen LogP contribution in [-0.4, -0.2) is 40.1 Å². The van der Waals surface area contributed by atoms with Gasteiger partial charge in [0, 0.05) is 12.3 Å². The Morgan fingerprint density at radius 3 is 2.77 bits per heavy atom. The maximum atomic E-state index is 10.9. The van der Waals surface area contributed by atoms with E-state index in [9.17, 15) is 15.0 Å². The molecule has 4 rings (SSSR count). The largest absolute Gasteiger partial charge is 0.482 e. The first kappa shape index (κ1) is 21.2. The van der Waals surface area contributed by atoms with E-state index >= 15 is 0 Å². The standard InChI is InChI=1S/C25H32O5/c26-22(16-6-2-1-3-7-16)10-5-9-19-20-12-17-8-4-11-24(30-15-25(28)29)21(17)13-18(20)14-23(19)27/h4,8,11,16,18-20,22-23,26-27H,1-3,6-7,10,12-15H2,(H,28,29). The number of fused-ring (bicyclic) bond motifs is 2. The number of carbonyl (C=O) groups is 1. The van der Waals surface area contributed by atoms with E-state index in [1.807, 2.05) is 12.1 Å². The molecule has 2 saturated carbocycles. The number of rotatable bonds is 5. The predicted octanol–water partition coefficient (Wildman–Crippen LogP) is 3.20. The average Bonchev–Trinajstić information content (AvgIpc) is 3.05. The molecule has 162 valence electrons. The van der Waals surface area contributed by atoms with Gasteiger partial charge in [-0.1, -0.05) is 37.3 Å². The summed E-state index contributed by atoms with van der Waals surface area (Å²) in [6.07, 6.45) is 7.90. The van der Waals surface area contributed by atoms with E-state index in [0.29, 0.717) is 36.3 Å². The van der Waals surface area contributed by atoms with Gasteiger partial charge in [0.05, 0.1) is 12.2 Å². The first-order valence-electron chi connectivity index (χ1n) is 11.3. The van der Waals surface area contributed by atoms with E-state index in [-0.39, 0.29) is 18.6 Å².